The van der Waals surface area contributed by atoms with Gasteiger partial charge in [0.1, 0.15) is 0 Å². The summed E-state index contributed by atoms with van der Waals surface area (Å²) in [5.74, 6) is -1.22. The van der Waals surface area contributed by atoms with Crippen molar-refractivity contribution in [1.29, 1.82) is 0 Å². The number of carbonyl (C=O) groups is 2. The number of hydrogen-bond acceptors (Lipinski definition) is 3. The average molecular weight is 262 g/mol. The molecular weight excluding hydrogens is 244 g/mol. The first-order valence-electron chi connectivity index (χ1n) is 6.46. The second kappa shape index (κ2) is 5.84. The van der Waals surface area contributed by atoms with Gasteiger partial charge < -0.3 is 16.2 Å². The number of aromatic carboxylic acids is 1. The zero-order valence-electron chi connectivity index (χ0n) is 10.6. The Hall–Kier alpha value is -1.88. The fourth-order valence-electron chi connectivity index (χ4n) is 2.39. The Morgan fingerprint density at radius 2 is 1.79 bits per heavy atom. The van der Waals surface area contributed by atoms with Crippen LogP contribution in [0.2, 0.25) is 0 Å². The number of carboxylic acid groups (broad SMARTS) is 1. The van der Waals surface area contributed by atoms with Gasteiger partial charge in [-0.1, -0.05) is 12.1 Å². The number of carbonyl (C=O) groups excluding carboxylic acids is 1. The maximum Gasteiger partial charge on any atom is 0.337 e. The molecule has 2 rings (SSSR count). The summed E-state index contributed by atoms with van der Waals surface area (Å²) in [6.07, 6.45) is 3.22. The molecule has 102 valence electrons. The molecule has 0 atom stereocenters. The van der Waals surface area contributed by atoms with E-state index in [1.807, 2.05) is 0 Å². The zero-order chi connectivity index (χ0) is 13.8. The highest BCUT2D eigenvalue weighted by molar-refractivity contribution is 6.01. The number of rotatable bonds is 3. The lowest BCUT2D eigenvalue weighted by Gasteiger charge is -2.25. The largest absolute Gasteiger partial charge is 0.478 e. The molecule has 0 saturated heterocycles. The summed E-state index contributed by atoms with van der Waals surface area (Å²) in [5.41, 5.74) is 6.27. The molecule has 0 aliphatic heterocycles. The van der Waals surface area contributed by atoms with E-state index in [1.165, 1.54) is 6.07 Å². The van der Waals surface area contributed by atoms with Crippen molar-refractivity contribution in [3.05, 3.63) is 29.8 Å². The molecule has 1 aliphatic carbocycles. The monoisotopic (exact) mass is 262 g/mol. The minimum Gasteiger partial charge on any atom is -0.478 e. The molecule has 0 bridgehead atoms. The minimum absolute atomic E-state index is 0.0679. The van der Waals surface area contributed by atoms with Gasteiger partial charge in [0.05, 0.1) is 11.3 Å². The third-order valence-electron chi connectivity index (χ3n) is 3.56. The van der Waals surface area contributed by atoms with Crippen molar-refractivity contribution in [2.75, 3.05) is 5.32 Å². The normalized spacial score (nSPS) is 22.8. The molecule has 1 fully saturated rings. The molecule has 1 saturated carbocycles. The molecule has 0 heterocycles. The summed E-state index contributed by atoms with van der Waals surface area (Å²) in [6.45, 7) is 0. The molecule has 0 spiro atoms. The van der Waals surface area contributed by atoms with Crippen molar-refractivity contribution >= 4 is 17.6 Å². The lowest BCUT2D eigenvalue weighted by molar-refractivity contribution is -0.120. The maximum atomic E-state index is 12.1. The second-order valence-corrected chi connectivity index (χ2v) is 4.95. The van der Waals surface area contributed by atoms with Crippen LogP contribution in [-0.2, 0) is 4.79 Å². The third-order valence-corrected chi connectivity index (χ3v) is 3.56. The molecule has 0 unspecified atom stereocenters. The van der Waals surface area contributed by atoms with Crippen LogP contribution in [0.25, 0.3) is 0 Å². The van der Waals surface area contributed by atoms with Gasteiger partial charge in [0.15, 0.2) is 0 Å². The van der Waals surface area contributed by atoms with Crippen LogP contribution in [0.3, 0.4) is 0 Å². The number of carboxylic acids is 1. The van der Waals surface area contributed by atoms with Crippen molar-refractivity contribution in [2.24, 2.45) is 11.7 Å². The van der Waals surface area contributed by atoms with Crippen LogP contribution in [0.1, 0.15) is 36.0 Å². The highest BCUT2D eigenvalue weighted by atomic mass is 16.4. The Balaban J connectivity index is 2.05. The van der Waals surface area contributed by atoms with Gasteiger partial charge in [-0.2, -0.15) is 0 Å². The second-order valence-electron chi connectivity index (χ2n) is 4.95. The number of anilines is 1. The van der Waals surface area contributed by atoms with E-state index in [-0.39, 0.29) is 23.4 Å². The van der Waals surface area contributed by atoms with Gasteiger partial charge in [0.2, 0.25) is 5.91 Å². The quantitative estimate of drug-likeness (QED) is 0.775. The lowest BCUT2D eigenvalue weighted by Crippen LogP contribution is -2.32. The lowest BCUT2D eigenvalue weighted by atomic mass is 9.86. The minimum atomic E-state index is -1.04. The Bertz CT molecular complexity index is 479. The van der Waals surface area contributed by atoms with Gasteiger partial charge in [-0.05, 0) is 37.8 Å². The van der Waals surface area contributed by atoms with Crippen molar-refractivity contribution in [2.45, 2.75) is 31.7 Å². The van der Waals surface area contributed by atoms with E-state index in [1.54, 1.807) is 18.2 Å². The van der Waals surface area contributed by atoms with Crippen LogP contribution in [0.5, 0.6) is 0 Å². The number of benzene rings is 1. The zero-order valence-corrected chi connectivity index (χ0v) is 10.6. The Morgan fingerprint density at radius 3 is 2.42 bits per heavy atom. The predicted octanol–water partition coefficient (Wildman–Crippen LogP) is 1.84. The Kier molecular flexibility index (Phi) is 4.16. The van der Waals surface area contributed by atoms with Crippen LogP contribution in [0.15, 0.2) is 24.3 Å². The predicted molar refractivity (Wildman–Crippen MR) is 72.0 cm³/mol. The number of nitrogens with two attached hydrogens (primary N) is 1. The molecule has 1 aromatic rings. The van der Waals surface area contributed by atoms with Gasteiger partial charge in [-0.3, -0.25) is 4.79 Å². The third kappa shape index (κ3) is 3.32. The van der Waals surface area contributed by atoms with Crippen LogP contribution >= 0.6 is 0 Å². The summed E-state index contributed by atoms with van der Waals surface area (Å²) in [5, 5.41) is 11.8. The first-order valence-corrected chi connectivity index (χ1v) is 6.46. The summed E-state index contributed by atoms with van der Waals surface area (Å²) < 4.78 is 0. The molecule has 5 heteroatoms. The van der Waals surface area contributed by atoms with E-state index in [2.05, 4.69) is 5.32 Å². The van der Waals surface area contributed by atoms with Crippen molar-refractivity contribution in [3.63, 3.8) is 0 Å². The molecule has 0 radical (unpaired) electrons. The summed E-state index contributed by atoms with van der Waals surface area (Å²) in [7, 11) is 0. The number of para-hydroxylation sites is 1. The van der Waals surface area contributed by atoms with Crippen LogP contribution in [0.4, 0.5) is 5.69 Å². The van der Waals surface area contributed by atoms with E-state index >= 15 is 0 Å². The smallest absolute Gasteiger partial charge is 0.337 e. The van der Waals surface area contributed by atoms with E-state index in [9.17, 15) is 9.59 Å². The van der Waals surface area contributed by atoms with E-state index < -0.39 is 5.97 Å². The molecule has 0 aromatic heterocycles. The molecule has 4 N–H and O–H groups in total. The SMILES string of the molecule is NC1CCC(C(=O)Nc2ccccc2C(=O)O)CC1. The van der Waals surface area contributed by atoms with Crippen molar-refractivity contribution < 1.29 is 14.7 Å². The van der Waals surface area contributed by atoms with E-state index in [4.69, 9.17) is 10.8 Å². The Labute approximate surface area is 111 Å². The molecule has 1 aromatic carbocycles. The molecule has 5 nitrogen and oxygen atoms in total. The topological polar surface area (TPSA) is 92.4 Å². The van der Waals surface area contributed by atoms with Gasteiger partial charge in [-0.25, -0.2) is 4.79 Å². The fraction of sp³-hybridized carbons (Fsp3) is 0.429. The number of hydrogen-bond donors (Lipinski definition) is 3. The summed E-state index contributed by atoms with van der Waals surface area (Å²) >= 11 is 0. The van der Waals surface area contributed by atoms with Gasteiger partial charge in [0.25, 0.3) is 0 Å². The molecule has 19 heavy (non-hydrogen) atoms. The van der Waals surface area contributed by atoms with Gasteiger partial charge in [-0.15, -0.1) is 0 Å². The van der Waals surface area contributed by atoms with Crippen LogP contribution < -0.4 is 11.1 Å². The standard InChI is InChI=1S/C14H18N2O3/c15-10-7-5-9(6-8-10)13(17)16-12-4-2-1-3-11(12)14(18)19/h1-4,9-10H,5-8,15H2,(H,16,17)(H,18,19). The average Bonchev–Trinajstić information content (AvgIpc) is 2.39. The number of amides is 1. The van der Waals surface area contributed by atoms with Crippen LogP contribution in [-0.4, -0.2) is 23.0 Å². The number of nitrogens with one attached hydrogen (secondary N) is 1. The highest BCUT2D eigenvalue weighted by Gasteiger charge is 2.25. The van der Waals surface area contributed by atoms with E-state index in [0.29, 0.717) is 5.69 Å². The molecular formula is C14H18N2O3. The fourth-order valence-corrected chi connectivity index (χ4v) is 2.39. The summed E-state index contributed by atoms with van der Waals surface area (Å²) in [6, 6.07) is 6.62. The van der Waals surface area contributed by atoms with Gasteiger partial charge in [0, 0.05) is 12.0 Å². The van der Waals surface area contributed by atoms with Crippen molar-refractivity contribution in [3.8, 4) is 0 Å². The Morgan fingerprint density at radius 1 is 1.16 bits per heavy atom. The summed E-state index contributed by atoms with van der Waals surface area (Å²) in [4.78, 5) is 23.2. The highest BCUT2D eigenvalue weighted by Crippen LogP contribution is 2.25. The maximum absolute atomic E-state index is 12.1. The molecule has 1 amide bonds. The first-order chi connectivity index (χ1) is 9.08. The van der Waals surface area contributed by atoms with Crippen LogP contribution in [0, 0.1) is 5.92 Å². The van der Waals surface area contributed by atoms with E-state index in [0.717, 1.165) is 25.7 Å². The first kappa shape index (κ1) is 13.5. The van der Waals surface area contributed by atoms with Crippen molar-refractivity contribution in [1.82, 2.24) is 0 Å². The molecule has 1 aliphatic rings. The van der Waals surface area contributed by atoms with Gasteiger partial charge >= 0.3 is 5.97 Å².